The molecule has 18 heavy (non-hydrogen) atoms. The molecule has 2 unspecified atom stereocenters. The molecule has 0 saturated heterocycles. The second-order valence-electron chi connectivity index (χ2n) is 5.23. The largest absolute Gasteiger partial charge is 0.322 e. The van der Waals surface area contributed by atoms with E-state index in [0.717, 1.165) is 22.2 Å². The minimum atomic E-state index is 0.0101. The summed E-state index contributed by atoms with van der Waals surface area (Å²) in [4.78, 5) is 0.880. The van der Waals surface area contributed by atoms with Gasteiger partial charge in [0.1, 0.15) is 5.01 Å². The van der Waals surface area contributed by atoms with E-state index in [0.29, 0.717) is 11.8 Å². The Bertz CT molecular complexity index is 542. The lowest BCUT2D eigenvalue weighted by atomic mass is 9.85. The summed E-state index contributed by atoms with van der Waals surface area (Å²) in [6.07, 6.45) is 4.79. The Hall–Kier alpha value is -1.01. The van der Waals surface area contributed by atoms with Crippen molar-refractivity contribution in [2.75, 3.05) is 0 Å². The van der Waals surface area contributed by atoms with Gasteiger partial charge in [-0.25, -0.2) is 0 Å². The van der Waals surface area contributed by atoms with Crippen LogP contribution in [0.3, 0.4) is 0 Å². The first-order chi connectivity index (χ1) is 8.70. The topological polar surface area (TPSA) is 69.1 Å². The van der Waals surface area contributed by atoms with Gasteiger partial charge in [-0.2, -0.15) is 9.61 Å². The van der Waals surface area contributed by atoms with E-state index in [1.807, 2.05) is 4.52 Å². The van der Waals surface area contributed by atoms with E-state index in [2.05, 4.69) is 29.1 Å². The molecule has 2 aromatic heterocycles. The van der Waals surface area contributed by atoms with Gasteiger partial charge in [-0.15, -0.1) is 10.2 Å². The third-order valence-electron chi connectivity index (χ3n) is 4.04. The SMILES string of the molecule is CCC(C)C(N)c1nn2c(C3CCC3)nnc2s1. The van der Waals surface area contributed by atoms with Crippen molar-refractivity contribution in [3.05, 3.63) is 10.8 Å². The van der Waals surface area contributed by atoms with Gasteiger partial charge >= 0.3 is 0 Å². The molecule has 0 radical (unpaired) electrons. The summed E-state index contributed by atoms with van der Waals surface area (Å²) in [5.74, 6) is 2.02. The quantitative estimate of drug-likeness (QED) is 0.922. The van der Waals surface area contributed by atoms with Crippen molar-refractivity contribution in [3.8, 4) is 0 Å². The van der Waals surface area contributed by atoms with Crippen LogP contribution in [0, 0.1) is 5.92 Å². The molecule has 5 nitrogen and oxygen atoms in total. The van der Waals surface area contributed by atoms with E-state index < -0.39 is 0 Å². The maximum Gasteiger partial charge on any atom is 0.234 e. The highest BCUT2D eigenvalue weighted by atomic mass is 32.1. The maximum atomic E-state index is 6.23. The van der Waals surface area contributed by atoms with Crippen LogP contribution in [0.1, 0.15) is 62.3 Å². The van der Waals surface area contributed by atoms with Crippen molar-refractivity contribution in [1.29, 1.82) is 0 Å². The number of nitrogens with two attached hydrogens (primary N) is 1. The number of nitrogens with zero attached hydrogens (tertiary/aromatic N) is 4. The van der Waals surface area contributed by atoms with Crippen LogP contribution >= 0.6 is 11.3 Å². The van der Waals surface area contributed by atoms with Gasteiger partial charge in [0.25, 0.3) is 0 Å². The van der Waals surface area contributed by atoms with E-state index >= 15 is 0 Å². The lowest BCUT2D eigenvalue weighted by molar-refractivity contribution is 0.393. The average molecular weight is 265 g/mol. The molecule has 2 atom stereocenters. The van der Waals surface area contributed by atoms with E-state index in [1.54, 1.807) is 11.3 Å². The number of fused-ring (bicyclic) bond motifs is 1. The maximum absolute atomic E-state index is 6.23. The Morgan fingerprint density at radius 3 is 2.83 bits per heavy atom. The zero-order valence-corrected chi connectivity index (χ0v) is 11.7. The Morgan fingerprint density at radius 1 is 1.44 bits per heavy atom. The second-order valence-corrected chi connectivity index (χ2v) is 6.22. The van der Waals surface area contributed by atoms with Crippen LogP contribution in [0.15, 0.2) is 0 Å². The first-order valence-corrected chi connectivity index (χ1v) is 7.50. The van der Waals surface area contributed by atoms with Crippen LogP contribution < -0.4 is 5.73 Å². The monoisotopic (exact) mass is 265 g/mol. The van der Waals surface area contributed by atoms with Gasteiger partial charge in [0.2, 0.25) is 4.96 Å². The van der Waals surface area contributed by atoms with E-state index in [9.17, 15) is 0 Å². The molecule has 0 amide bonds. The number of aromatic nitrogens is 4. The highest BCUT2D eigenvalue weighted by Gasteiger charge is 2.27. The molecule has 3 rings (SSSR count). The molecule has 0 aliphatic heterocycles. The lowest BCUT2D eigenvalue weighted by Gasteiger charge is -2.22. The van der Waals surface area contributed by atoms with Crippen molar-refractivity contribution in [2.45, 2.75) is 51.5 Å². The Balaban J connectivity index is 1.93. The van der Waals surface area contributed by atoms with Gasteiger partial charge in [-0.3, -0.25) is 0 Å². The van der Waals surface area contributed by atoms with Gasteiger partial charge in [0.05, 0.1) is 6.04 Å². The van der Waals surface area contributed by atoms with Crippen molar-refractivity contribution >= 4 is 16.3 Å². The van der Waals surface area contributed by atoms with Crippen LogP contribution in [0.4, 0.5) is 0 Å². The molecule has 1 aliphatic carbocycles. The molecule has 2 heterocycles. The molecule has 1 aliphatic rings. The van der Waals surface area contributed by atoms with Gasteiger partial charge < -0.3 is 5.73 Å². The summed E-state index contributed by atoms with van der Waals surface area (Å²) in [7, 11) is 0. The molecule has 2 aromatic rings. The third kappa shape index (κ3) is 1.83. The van der Waals surface area contributed by atoms with E-state index in [4.69, 9.17) is 5.73 Å². The standard InChI is InChI=1S/C12H19N5S/c1-3-7(2)9(13)11-16-17-10(8-5-4-6-8)14-15-12(17)18-11/h7-9H,3-6,13H2,1-2H3. The molecule has 0 aromatic carbocycles. The highest BCUT2D eigenvalue weighted by Crippen LogP contribution is 2.36. The van der Waals surface area contributed by atoms with E-state index in [-0.39, 0.29) is 6.04 Å². The zero-order chi connectivity index (χ0) is 12.7. The molecule has 0 bridgehead atoms. The summed E-state index contributed by atoms with van der Waals surface area (Å²) in [5, 5.41) is 14.1. The molecular formula is C12H19N5S. The Morgan fingerprint density at radius 2 is 2.22 bits per heavy atom. The Labute approximate surface area is 110 Å². The number of hydrogen-bond donors (Lipinski definition) is 1. The van der Waals surface area contributed by atoms with Crippen molar-refractivity contribution < 1.29 is 0 Å². The summed E-state index contributed by atoms with van der Waals surface area (Å²) in [6, 6.07) is 0.0101. The fourth-order valence-corrected chi connectivity index (χ4v) is 3.18. The first-order valence-electron chi connectivity index (χ1n) is 6.68. The fraction of sp³-hybridized carbons (Fsp3) is 0.750. The first kappa shape index (κ1) is 12.0. The van der Waals surface area contributed by atoms with Crippen LogP contribution in [0.25, 0.3) is 4.96 Å². The minimum absolute atomic E-state index is 0.0101. The summed E-state index contributed by atoms with van der Waals surface area (Å²) < 4.78 is 1.91. The predicted octanol–water partition coefficient (Wildman–Crippen LogP) is 2.50. The van der Waals surface area contributed by atoms with Crippen molar-refractivity contribution in [3.63, 3.8) is 0 Å². The third-order valence-corrected chi connectivity index (χ3v) is 5.04. The molecule has 0 spiro atoms. The van der Waals surface area contributed by atoms with Crippen LogP contribution in [0.2, 0.25) is 0 Å². The van der Waals surface area contributed by atoms with E-state index in [1.165, 1.54) is 19.3 Å². The molecule has 2 N–H and O–H groups in total. The van der Waals surface area contributed by atoms with Crippen LogP contribution in [0.5, 0.6) is 0 Å². The lowest BCUT2D eigenvalue weighted by Crippen LogP contribution is -2.19. The average Bonchev–Trinajstić information content (AvgIpc) is 2.87. The minimum Gasteiger partial charge on any atom is -0.322 e. The van der Waals surface area contributed by atoms with Gasteiger partial charge in [0.15, 0.2) is 5.82 Å². The molecule has 1 saturated carbocycles. The Kier molecular flexibility index (Phi) is 3.07. The van der Waals surface area contributed by atoms with Crippen LogP contribution in [-0.2, 0) is 0 Å². The molecule has 98 valence electrons. The predicted molar refractivity (Wildman–Crippen MR) is 71.6 cm³/mol. The van der Waals surface area contributed by atoms with Crippen molar-refractivity contribution in [1.82, 2.24) is 19.8 Å². The molecular weight excluding hydrogens is 246 g/mol. The summed E-state index contributed by atoms with van der Waals surface area (Å²) in [5.41, 5.74) is 6.23. The molecule has 6 heteroatoms. The van der Waals surface area contributed by atoms with Crippen molar-refractivity contribution in [2.24, 2.45) is 11.7 Å². The highest BCUT2D eigenvalue weighted by molar-refractivity contribution is 7.16. The number of rotatable bonds is 4. The molecule has 1 fully saturated rings. The van der Waals surface area contributed by atoms with Gasteiger partial charge in [-0.05, 0) is 18.8 Å². The zero-order valence-electron chi connectivity index (χ0n) is 10.8. The summed E-state index contributed by atoms with van der Waals surface area (Å²) in [6.45, 7) is 4.32. The number of hydrogen-bond acceptors (Lipinski definition) is 5. The normalized spacial score (nSPS) is 19.9. The van der Waals surface area contributed by atoms with Gasteiger partial charge in [-0.1, -0.05) is 38.0 Å². The smallest absolute Gasteiger partial charge is 0.234 e. The fourth-order valence-electron chi connectivity index (χ4n) is 2.20. The second kappa shape index (κ2) is 4.59. The van der Waals surface area contributed by atoms with Crippen LogP contribution in [-0.4, -0.2) is 19.8 Å². The summed E-state index contributed by atoms with van der Waals surface area (Å²) >= 11 is 1.58. The van der Waals surface area contributed by atoms with Gasteiger partial charge in [0, 0.05) is 5.92 Å².